The number of hydrogen-bond donors (Lipinski definition) is 0. The van der Waals surface area contributed by atoms with Crippen molar-refractivity contribution >= 4 is 17.2 Å². The molecular weight excluding hydrogens is 441 g/mol. The second-order valence-corrected chi connectivity index (χ2v) is 9.50. The Morgan fingerprint density at radius 2 is 1.69 bits per heavy atom. The highest BCUT2D eigenvalue weighted by Crippen LogP contribution is 2.24. The van der Waals surface area contributed by atoms with E-state index in [1.54, 1.807) is 12.1 Å². The van der Waals surface area contributed by atoms with Crippen LogP contribution < -0.4 is 4.90 Å². The van der Waals surface area contributed by atoms with E-state index in [0.717, 1.165) is 49.5 Å². The molecule has 0 N–H and O–H groups in total. The molecule has 2 aliphatic heterocycles. The van der Waals surface area contributed by atoms with Crippen LogP contribution in [-0.4, -0.2) is 71.3 Å². The van der Waals surface area contributed by atoms with Gasteiger partial charge in [0.05, 0.1) is 18.4 Å². The molecule has 0 saturated carbocycles. The first-order valence-electron chi connectivity index (χ1n) is 12.3. The zero-order valence-corrected chi connectivity index (χ0v) is 20.5. The average molecular weight is 474 g/mol. The molecule has 2 aromatic carbocycles. The summed E-state index contributed by atoms with van der Waals surface area (Å²) in [6.07, 6.45) is 7.16. The van der Waals surface area contributed by atoms with Crippen molar-refractivity contribution in [2.24, 2.45) is 0 Å². The Balaban J connectivity index is 1.13. The van der Waals surface area contributed by atoms with E-state index >= 15 is 0 Å². The summed E-state index contributed by atoms with van der Waals surface area (Å²) >= 11 is 0. The van der Waals surface area contributed by atoms with Gasteiger partial charge in [-0.2, -0.15) is 5.10 Å². The molecule has 182 valence electrons. The molecular formula is C28H32FN5O. The first-order chi connectivity index (χ1) is 17.0. The molecule has 0 bridgehead atoms. The van der Waals surface area contributed by atoms with Crippen molar-refractivity contribution < 1.29 is 9.18 Å². The van der Waals surface area contributed by atoms with Crippen LogP contribution in [0.4, 0.5) is 10.1 Å². The number of hydrogen-bond acceptors (Lipinski definition) is 4. The minimum absolute atomic E-state index is 0.183. The van der Waals surface area contributed by atoms with Gasteiger partial charge in [-0.25, -0.2) is 9.07 Å². The minimum atomic E-state index is -0.225. The topological polar surface area (TPSA) is 44.6 Å². The van der Waals surface area contributed by atoms with Crippen LogP contribution in [0.3, 0.4) is 0 Å². The first kappa shape index (κ1) is 23.3. The molecule has 5 rings (SSSR count). The molecule has 6 nitrogen and oxygen atoms in total. The van der Waals surface area contributed by atoms with Crippen LogP contribution in [0, 0.1) is 19.7 Å². The SMILES string of the molecule is Cc1ccc(-n2cc(C3=CCN(CC(=O)N4CCN(c5ccc(F)cc5)CC4)CC3)cn2)cc1C. The molecule has 3 heterocycles. The molecule has 7 heteroatoms. The Morgan fingerprint density at radius 1 is 0.943 bits per heavy atom. The van der Waals surface area contributed by atoms with Crippen LogP contribution >= 0.6 is 0 Å². The summed E-state index contributed by atoms with van der Waals surface area (Å²) in [6.45, 7) is 9.25. The number of anilines is 1. The summed E-state index contributed by atoms with van der Waals surface area (Å²) in [4.78, 5) is 19.3. The number of carbonyl (C=O) groups is 1. The fraction of sp³-hybridized carbons (Fsp3) is 0.357. The molecule has 0 spiro atoms. The second-order valence-electron chi connectivity index (χ2n) is 9.50. The fourth-order valence-electron chi connectivity index (χ4n) is 4.77. The molecule has 0 atom stereocenters. The van der Waals surface area contributed by atoms with Gasteiger partial charge in [0.25, 0.3) is 0 Å². The summed E-state index contributed by atoms with van der Waals surface area (Å²) in [7, 11) is 0. The summed E-state index contributed by atoms with van der Waals surface area (Å²) in [5, 5.41) is 4.57. The number of rotatable bonds is 5. The van der Waals surface area contributed by atoms with Gasteiger partial charge in [-0.3, -0.25) is 9.69 Å². The molecule has 2 aliphatic rings. The van der Waals surface area contributed by atoms with E-state index in [4.69, 9.17) is 0 Å². The zero-order valence-electron chi connectivity index (χ0n) is 20.5. The summed E-state index contributed by atoms with van der Waals surface area (Å²) in [6, 6.07) is 13.0. The Labute approximate surface area is 206 Å². The third-order valence-electron chi connectivity index (χ3n) is 7.18. The lowest BCUT2D eigenvalue weighted by Crippen LogP contribution is -2.51. The normalized spacial score (nSPS) is 16.9. The van der Waals surface area contributed by atoms with Crippen LogP contribution in [0.5, 0.6) is 0 Å². The quantitative estimate of drug-likeness (QED) is 0.561. The lowest BCUT2D eigenvalue weighted by molar-refractivity contribution is -0.132. The van der Waals surface area contributed by atoms with Crippen LogP contribution in [0.2, 0.25) is 0 Å². The second kappa shape index (κ2) is 10.0. The third-order valence-corrected chi connectivity index (χ3v) is 7.18. The van der Waals surface area contributed by atoms with E-state index in [2.05, 4.69) is 59.2 Å². The van der Waals surface area contributed by atoms with E-state index < -0.39 is 0 Å². The highest BCUT2D eigenvalue weighted by atomic mass is 19.1. The molecule has 35 heavy (non-hydrogen) atoms. The van der Waals surface area contributed by atoms with Crippen LogP contribution in [0.25, 0.3) is 11.3 Å². The molecule has 1 aromatic heterocycles. The monoisotopic (exact) mass is 473 g/mol. The van der Waals surface area contributed by atoms with Gasteiger partial charge in [0, 0.05) is 56.7 Å². The lowest BCUT2D eigenvalue weighted by atomic mass is 10.0. The minimum Gasteiger partial charge on any atom is -0.368 e. The van der Waals surface area contributed by atoms with Crippen molar-refractivity contribution in [2.45, 2.75) is 20.3 Å². The van der Waals surface area contributed by atoms with Crippen molar-refractivity contribution in [3.05, 3.63) is 83.4 Å². The predicted molar refractivity (Wildman–Crippen MR) is 137 cm³/mol. The van der Waals surface area contributed by atoms with Gasteiger partial charge in [-0.15, -0.1) is 0 Å². The smallest absolute Gasteiger partial charge is 0.236 e. The van der Waals surface area contributed by atoms with Crippen LogP contribution in [-0.2, 0) is 4.79 Å². The highest BCUT2D eigenvalue weighted by molar-refractivity contribution is 5.79. The largest absolute Gasteiger partial charge is 0.368 e. The Hall–Kier alpha value is -3.45. The van der Waals surface area contributed by atoms with E-state index in [0.29, 0.717) is 19.6 Å². The van der Waals surface area contributed by atoms with Crippen molar-refractivity contribution in [3.8, 4) is 5.69 Å². The van der Waals surface area contributed by atoms with E-state index in [1.807, 2.05) is 15.8 Å². The number of aryl methyl sites for hydroxylation is 2. The number of amides is 1. The maximum atomic E-state index is 13.2. The number of piperazine rings is 1. The number of carbonyl (C=O) groups excluding carboxylic acids is 1. The molecule has 1 fully saturated rings. The summed E-state index contributed by atoms with van der Waals surface area (Å²) in [5.74, 6) is -0.0420. The average Bonchev–Trinajstić information content (AvgIpc) is 3.37. The van der Waals surface area contributed by atoms with E-state index in [9.17, 15) is 9.18 Å². The van der Waals surface area contributed by atoms with Gasteiger partial charge in [0.15, 0.2) is 0 Å². The molecule has 1 saturated heterocycles. The molecule has 0 radical (unpaired) electrons. The lowest BCUT2D eigenvalue weighted by Gasteiger charge is -2.37. The van der Waals surface area contributed by atoms with Gasteiger partial charge in [0.2, 0.25) is 5.91 Å². The van der Waals surface area contributed by atoms with Crippen molar-refractivity contribution in [1.82, 2.24) is 19.6 Å². The number of nitrogens with zero attached hydrogens (tertiary/aromatic N) is 5. The van der Waals surface area contributed by atoms with Crippen LogP contribution in [0.15, 0.2) is 60.9 Å². The van der Waals surface area contributed by atoms with Gasteiger partial charge in [-0.05, 0) is 73.4 Å². The number of halogens is 1. The third kappa shape index (κ3) is 5.30. The van der Waals surface area contributed by atoms with Gasteiger partial charge in [0.1, 0.15) is 5.82 Å². The van der Waals surface area contributed by atoms with Crippen molar-refractivity contribution in [2.75, 3.05) is 50.7 Å². The van der Waals surface area contributed by atoms with E-state index in [-0.39, 0.29) is 11.7 Å². The standard InChI is InChI=1S/C28H32FN5O/c1-21-3-6-27(17-22(21)2)34-19-24(18-30-34)23-9-11-31(12-10-23)20-28(35)33-15-13-32(14-16-33)26-7-4-25(29)5-8-26/h3-9,17-19H,10-16,20H2,1-2H3. The first-order valence-corrected chi connectivity index (χ1v) is 12.3. The van der Waals surface area contributed by atoms with E-state index in [1.165, 1.54) is 28.8 Å². The van der Waals surface area contributed by atoms with Gasteiger partial charge < -0.3 is 9.80 Å². The van der Waals surface area contributed by atoms with Crippen LogP contribution in [0.1, 0.15) is 23.1 Å². The molecule has 0 aliphatic carbocycles. The van der Waals surface area contributed by atoms with Gasteiger partial charge in [-0.1, -0.05) is 12.1 Å². The highest BCUT2D eigenvalue weighted by Gasteiger charge is 2.24. The van der Waals surface area contributed by atoms with Gasteiger partial charge >= 0.3 is 0 Å². The Morgan fingerprint density at radius 3 is 2.37 bits per heavy atom. The molecule has 0 unspecified atom stereocenters. The van der Waals surface area contributed by atoms with Crippen molar-refractivity contribution in [3.63, 3.8) is 0 Å². The fourth-order valence-corrected chi connectivity index (χ4v) is 4.77. The number of benzene rings is 2. The number of aromatic nitrogens is 2. The zero-order chi connectivity index (χ0) is 24.4. The summed E-state index contributed by atoms with van der Waals surface area (Å²) < 4.78 is 15.1. The predicted octanol–water partition coefficient (Wildman–Crippen LogP) is 4.07. The molecule has 1 amide bonds. The Bertz CT molecular complexity index is 1220. The summed E-state index contributed by atoms with van der Waals surface area (Å²) in [5.41, 5.74) is 7.05. The maximum Gasteiger partial charge on any atom is 0.236 e. The van der Waals surface area contributed by atoms with Crippen molar-refractivity contribution in [1.29, 1.82) is 0 Å². The Kier molecular flexibility index (Phi) is 6.68. The molecule has 3 aromatic rings. The maximum absolute atomic E-state index is 13.2.